The molecule has 0 saturated heterocycles. The maximum atomic E-state index is 12.6. The molecule has 0 aromatic rings. The molecule has 4 N–H and O–H groups in total. The number of hydrogen-bond acceptors (Lipinski definition) is 9. The van der Waals surface area contributed by atoms with E-state index in [4.69, 9.17) is 24.8 Å². The third-order valence-electron chi connectivity index (χ3n) is 10.1. The molecule has 0 saturated carbocycles. The smallest absolute Gasteiger partial charge is 0.472 e. The van der Waals surface area contributed by atoms with Crippen LogP contribution in [0.25, 0.3) is 0 Å². The topological polar surface area (TPSA) is 172 Å². The van der Waals surface area contributed by atoms with Gasteiger partial charge in [0.05, 0.1) is 19.6 Å². The minimum Gasteiger partial charge on any atom is -0.480 e. The maximum Gasteiger partial charge on any atom is 0.472 e. The molecule has 12 heteroatoms. The van der Waals surface area contributed by atoms with Gasteiger partial charge in [-0.05, 0) is 38.5 Å². The number of aliphatic carboxylic acids is 1. The number of rotatable bonds is 44. The lowest BCUT2D eigenvalue weighted by molar-refractivity contribution is -0.160. The van der Waals surface area contributed by atoms with Crippen molar-refractivity contribution in [3.63, 3.8) is 0 Å². The van der Waals surface area contributed by atoms with Gasteiger partial charge in [0.1, 0.15) is 12.6 Å². The van der Waals surface area contributed by atoms with Crippen LogP contribution < -0.4 is 5.73 Å². The molecule has 3 unspecified atom stereocenters. The van der Waals surface area contributed by atoms with Crippen molar-refractivity contribution in [3.8, 4) is 0 Å². The zero-order valence-electron chi connectivity index (χ0n) is 38.2. The number of ether oxygens (including phenoxy) is 2. The van der Waals surface area contributed by atoms with Crippen LogP contribution in [0.2, 0.25) is 0 Å². The molecule has 0 bridgehead atoms. The molecule has 0 amide bonds. The fraction of sp³-hybridized carbons (Fsp3) is 0.735. The second-order valence-corrected chi connectivity index (χ2v) is 17.3. The fourth-order valence-electron chi connectivity index (χ4n) is 6.38. The number of hydrogen-bond donors (Lipinski definition) is 3. The molecular formula is C49H86NO10P. The molecule has 0 spiro atoms. The van der Waals surface area contributed by atoms with E-state index in [0.29, 0.717) is 12.8 Å². The van der Waals surface area contributed by atoms with Crippen molar-refractivity contribution in [1.82, 2.24) is 0 Å². The Hall–Kier alpha value is -2.82. The van der Waals surface area contributed by atoms with Crippen molar-refractivity contribution in [2.24, 2.45) is 5.73 Å². The first-order chi connectivity index (χ1) is 29.6. The predicted octanol–water partition coefficient (Wildman–Crippen LogP) is 13.1. The minimum atomic E-state index is -4.74. The van der Waals surface area contributed by atoms with Gasteiger partial charge in [-0.25, -0.2) is 4.57 Å². The largest absolute Gasteiger partial charge is 0.480 e. The van der Waals surface area contributed by atoms with Crippen LogP contribution in [0, 0.1) is 0 Å². The first-order valence-corrected chi connectivity index (χ1v) is 25.3. The van der Waals surface area contributed by atoms with Gasteiger partial charge in [0, 0.05) is 6.42 Å². The van der Waals surface area contributed by atoms with Crippen LogP contribution in [0.4, 0.5) is 0 Å². The standard InChI is InChI=1S/C49H86NO10P/c1-3-5-7-9-11-13-15-17-19-20-21-22-23-24-25-27-28-30-32-34-36-38-40-47(51)57-42-45(43-58-61(55,56)59-44-46(50)49(53)54)60-48(52)41-39-37-35-33-31-29-26-18-16-14-12-10-8-6-4-2/h6,8,12,14,18,26,31,33,37,39,45-46H,3-5,7,9-11,13,15-17,19-25,27-30,32,34-36,38,40-44,50H2,1-2H3,(H,53,54)(H,55,56)/b8-6-,14-12-,26-18-,33-31-,39-37-. The summed E-state index contributed by atoms with van der Waals surface area (Å²) in [6, 6.07) is -1.54. The average Bonchev–Trinajstić information content (AvgIpc) is 3.24. The number of allylic oxidation sites excluding steroid dienone is 9. The van der Waals surface area contributed by atoms with E-state index in [-0.39, 0.29) is 19.4 Å². The zero-order chi connectivity index (χ0) is 44.9. The zero-order valence-corrected chi connectivity index (χ0v) is 39.1. The summed E-state index contributed by atoms with van der Waals surface area (Å²) in [6.07, 6.45) is 51.9. The maximum absolute atomic E-state index is 12.6. The number of carbonyl (C=O) groups excluding carboxylic acids is 2. The molecule has 0 aliphatic heterocycles. The second kappa shape index (κ2) is 43.8. The quantitative estimate of drug-likeness (QED) is 0.0230. The van der Waals surface area contributed by atoms with Gasteiger partial charge in [0.25, 0.3) is 0 Å². The average molecular weight is 880 g/mol. The van der Waals surface area contributed by atoms with Gasteiger partial charge in [-0.1, -0.05) is 209 Å². The first kappa shape index (κ1) is 58.2. The number of esters is 2. The van der Waals surface area contributed by atoms with Crippen molar-refractivity contribution in [2.75, 3.05) is 19.8 Å². The van der Waals surface area contributed by atoms with Crippen molar-refractivity contribution >= 4 is 25.7 Å². The summed E-state index contributed by atoms with van der Waals surface area (Å²) in [5.74, 6) is -2.53. The van der Waals surface area contributed by atoms with E-state index in [0.717, 1.165) is 44.9 Å². The third-order valence-corrected chi connectivity index (χ3v) is 11.0. The molecule has 0 rings (SSSR count). The minimum absolute atomic E-state index is 0.0712. The Morgan fingerprint density at radius 3 is 1.31 bits per heavy atom. The molecule has 0 heterocycles. The van der Waals surface area contributed by atoms with Crippen LogP contribution >= 0.6 is 7.82 Å². The third kappa shape index (κ3) is 43.6. The van der Waals surface area contributed by atoms with Gasteiger partial charge >= 0.3 is 25.7 Å². The lowest BCUT2D eigenvalue weighted by Crippen LogP contribution is -2.34. The highest BCUT2D eigenvalue weighted by atomic mass is 31.2. The Bertz CT molecular complexity index is 1260. The van der Waals surface area contributed by atoms with Gasteiger partial charge in [-0.3, -0.25) is 23.4 Å². The molecule has 11 nitrogen and oxygen atoms in total. The lowest BCUT2D eigenvalue weighted by atomic mass is 10.0. The van der Waals surface area contributed by atoms with Crippen molar-refractivity contribution in [2.45, 2.75) is 212 Å². The van der Waals surface area contributed by atoms with Crippen LogP contribution in [-0.4, -0.2) is 59.9 Å². The number of phosphoric ester groups is 1. The van der Waals surface area contributed by atoms with E-state index >= 15 is 0 Å². The van der Waals surface area contributed by atoms with Gasteiger partial charge < -0.3 is 25.2 Å². The summed E-state index contributed by atoms with van der Waals surface area (Å²) in [7, 11) is -4.74. The van der Waals surface area contributed by atoms with Crippen molar-refractivity contribution < 1.29 is 47.5 Å². The number of phosphoric acid groups is 1. The monoisotopic (exact) mass is 880 g/mol. The molecule has 352 valence electrons. The number of carboxylic acid groups (broad SMARTS) is 1. The number of unbranched alkanes of at least 4 members (excludes halogenated alkanes) is 21. The summed E-state index contributed by atoms with van der Waals surface area (Å²) >= 11 is 0. The van der Waals surface area contributed by atoms with Crippen LogP contribution in [0.15, 0.2) is 60.8 Å². The Morgan fingerprint density at radius 1 is 0.525 bits per heavy atom. The van der Waals surface area contributed by atoms with Crippen LogP contribution in [0.3, 0.4) is 0 Å². The highest BCUT2D eigenvalue weighted by Crippen LogP contribution is 2.43. The molecule has 0 aliphatic carbocycles. The van der Waals surface area contributed by atoms with E-state index in [9.17, 15) is 23.8 Å². The second-order valence-electron chi connectivity index (χ2n) is 15.9. The lowest BCUT2D eigenvalue weighted by Gasteiger charge is -2.20. The summed E-state index contributed by atoms with van der Waals surface area (Å²) in [5.41, 5.74) is 5.33. The van der Waals surface area contributed by atoms with Crippen LogP contribution in [0.5, 0.6) is 0 Å². The Balaban J connectivity index is 4.32. The Morgan fingerprint density at radius 2 is 0.902 bits per heavy atom. The van der Waals surface area contributed by atoms with Crippen LogP contribution in [-0.2, 0) is 37.5 Å². The summed E-state index contributed by atoms with van der Waals surface area (Å²) < 4.78 is 32.6. The molecule has 0 aromatic heterocycles. The molecule has 61 heavy (non-hydrogen) atoms. The van der Waals surface area contributed by atoms with E-state index in [1.807, 2.05) is 18.2 Å². The number of carboxylic acids is 1. The van der Waals surface area contributed by atoms with Crippen molar-refractivity contribution in [1.29, 1.82) is 0 Å². The van der Waals surface area contributed by atoms with Gasteiger partial charge in [-0.15, -0.1) is 0 Å². The van der Waals surface area contributed by atoms with Gasteiger partial charge in [0.15, 0.2) is 6.10 Å². The Kier molecular flexibility index (Phi) is 41.8. The SMILES string of the molecule is CC/C=C\C/C=C\C/C=C\C/C=C\C/C=C\CC(=O)OC(COC(=O)CCCCCCCCCCCCCCCCCCCCCCCC)COP(=O)(O)OCC(N)C(=O)O. The van der Waals surface area contributed by atoms with E-state index in [1.54, 1.807) is 6.08 Å². The first-order valence-electron chi connectivity index (χ1n) is 23.8. The summed E-state index contributed by atoms with van der Waals surface area (Å²) in [4.78, 5) is 46.0. The summed E-state index contributed by atoms with van der Waals surface area (Å²) in [6.45, 7) is 2.61. The normalized spacial score (nSPS) is 14.2. The van der Waals surface area contributed by atoms with E-state index < -0.39 is 51.1 Å². The molecule has 0 aromatic carbocycles. The van der Waals surface area contributed by atoms with Gasteiger partial charge in [0.2, 0.25) is 0 Å². The molecular weight excluding hydrogens is 794 g/mol. The highest BCUT2D eigenvalue weighted by Gasteiger charge is 2.28. The van der Waals surface area contributed by atoms with E-state index in [1.165, 1.54) is 116 Å². The molecule has 0 fully saturated rings. The predicted molar refractivity (Wildman–Crippen MR) is 249 cm³/mol. The fourth-order valence-corrected chi connectivity index (χ4v) is 7.16. The number of nitrogens with two attached hydrogens (primary N) is 1. The van der Waals surface area contributed by atoms with E-state index in [2.05, 4.69) is 54.8 Å². The number of carbonyl (C=O) groups is 3. The molecule has 0 aliphatic rings. The Labute approximate surface area is 370 Å². The highest BCUT2D eigenvalue weighted by molar-refractivity contribution is 7.47. The van der Waals surface area contributed by atoms with Gasteiger partial charge in [-0.2, -0.15) is 0 Å². The van der Waals surface area contributed by atoms with Crippen LogP contribution in [0.1, 0.15) is 200 Å². The molecule has 3 atom stereocenters. The van der Waals surface area contributed by atoms with Crippen molar-refractivity contribution in [3.05, 3.63) is 60.8 Å². The summed E-state index contributed by atoms with van der Waals surface area (Å²) in [5, 5.41) is 8.90. The molecule has 0 radical (unpaired) electrons.